The van der Waals surface area contributed by atoms with Gasteiger partial charge in [0.05, 0.1) is 18.4 Å². The molecule has 0 aliphatic rings. The van der Waals surface area contributed by atoms with E-state index in [0.717, 1.165) is 32.8 Å². The second-order valence-corrected chi connectivity index (χ2v) is 4.82. The number of rotatable bonds is 7. The first-order valence-corrected chi connectivity index (χ1v) is 6.84. The van der Waals surface area contributed by atoms with Gasteiger partial charge < -0.3 is 10.1 Å². The number of halogens is 2. The highest BCUT2D eigenvalue weighted by Crippen LogP contribution is 2.22. The van der Waals surface area contributed by atoms with Gasteiger partial charge >= 0.3 is 5.97 Å². The zero-order chi connectivity index (χ0) is 15.1. The van der Waals surface area contributed by atoms with Crippen molar-refractivity contribution in [2.45, 2.75) is 45.6 Å². The fraction of sp³-hybridized carbons (Fsp3) is 0.533. The van der Waals surface area contributed by atoms with E-state index in [1.54, 1.807) is 0 Å². The standard InChI is InChI=1S/C15H21F2NO2/c1-4-5-6-7-10(2)18-12-9-8-11(15(19)20-3)13(16)14(12)17/h8-10,18H,4-7H2,1-3H3. The van der Waals surface area contributed by atoms with E-state index in [1.807, 2.05) is 6.92 Å². The molecular formula is C15H21F2NO2. The molecule has 5 heteroatoms. The molecule has 0 aliphatic carbocycles. The summed E-state index contributed by atoms with van der Waals surface area (Å²) >= 11 is 0. The highest BCUT2D eigenvalue weighted by molar-refractivity contribution is 5.90. The Kier molecular flexibility index (Phi) is 6.42. The van der Waals surface area contributed by atoms with Crippen LogP contribution in [0.1, 0.15) is 49.9 Å². The average molecular weight is 285 g/mol. The minimum atomic E-state index is -1.18. The van der Waals surface area contributed by atoms with E-state index in [-0.39, 0.29) is 11.7 Å². The van der Waals surface area contributed by atoms with E-state index in [4.69, 9.17) is 0 Å². The number of unbranched alkanes of at least 4 members (excludes halogenated alkanes) is 2. The van der Waals surface area contributed by atoms with Crippen LogP contribution in [-0.2, 0) is 4.74 Å². The zero-order valence-corrected chi connectivity index (χ0v) is 12.1. The monoisotopic (exact) mass is 285 g/mol. The van der Waals surface area contributed by atoms with E-state index in [2.05, 4.69) is 17.0 Å². The molecule has 0 spiro atoms. The number of carbonyl (C=O) groups is 1. The summed E-state index contributed by atoms with van der Waals surface area (Å²) in [6.07, 6.45) is 4.15. The predicted octanol–water partition coefficient (Wildman–Crippen LogP) is 4.13. The van der Waals surface area contributed by atoms with Crippen molar-refractivity contribution in [1.29, 1.82) is 0 Å². The summed E-state index contributed by atoms with van der Waals surface area (Å²) in [5, 5.41) is 2.93. The number of nitrogens with one attached hydrogen (secondary N) is 1. The summed E-state index contributed by atoms with van der Waals surface area (Å²) in [5.41, 5.74) is -0.326. The van der Waals surface area contributed by atoms with Crippen LogP contribution in [0.4, 0.5) is 14.5 Å². The lowest BCUT2D eigenvalue weighted by molar-refractivity contribution is 0.0594. The van der Waals surface area contributed by atoms with Crippen molar-refractivity contribution in [3.05, 3.63) is 29.3 Å². The van der Waals surface area contributed by atoms with Crippen LogP contribution in [0.2, 0.25) is 0 Å². The van der Waals surface area contributed by atoms with Crippen molar-refractivity contribution < 1.29 is 18.3 Å². The highest BCUT2D eigenvalue weighted by atomic mass is 19.2. The van der Waals surface area contributed by atoms with Crippen LogP contribution in [0, 0.1) is 11.6 Å². The molecule has 1 aromatic rings. The molecule has 0 aliphatic heterocycles. The molecule has 0 amide bonds. The van der Waals surface area contributed by atoms with E-state index >= 15 is 0 Å². The topological polar surface area (TPSA) is 38.3 Å². The molecule has 20 heavy (non-hydrogen) atoms. The van der Waals surface area contributed by atoms with Gasteiger partial charge in [0.15, 0.2) is 11.6 Å². The van der Waals surface area contributed by atoms with Crippen LogP contribution in [0.5, 0.6) is 0 Å². The molecule has 3 nitrogen and oxygen atoms in total. The third kappa shape index (κ3) is 4.18. The SMILES string of the molecule is CCCCCC(C)Nc1ccc(C(=O)OC)c(F)c1F. The van der Waals surface area contributed by atoms with Crippen LogP contribution in [0.25, 0.3) is 0 Å². The summed E-state index contributed by atoms with van der Waals surface area (Å²) in [6, 6.07) is 2.63. The van der Waals surface area contributed by atoms with Crippen LogP contribution < -0.4 is 5.32 Å². The van der Waals surface area contributed by atoms with Crippen molar-refractivity contribution >= 4 is 11.7 Å². The molecule has 1 unspecified atom stereocenters. The van der Waals surface area contributed by atoms with E-state index < -0.39 is 23.2 Å². The lowest BCUT2D eigenvalue weighted by Crippen LogP contribution is -2.17. The van der Waals surface area contributed by atoms with E-state index in [1.165, 1.54) is 12.1 Å². The maximum absolute atomic E-state index is 13.9. The van der Waals surface area contributed by atoms with Crippen molar-refractivity contribution in [1.82, 2.24) is 0 Å². The number of benzene rings is 1. The number of esters is 1. The average Bonchev–Trinajstić information content (AvgIpc) is 2.43. The number of methoxy groups -OCH3 is 1. The Morgan fingerprint density at radius 3 is 2.60 bits per heavy atom. The molecule has 1 aromatic carbocycles. The fourth-order valence-corrected chi connectivity index (χ4v) is 1.97. The molecule has 112 valence electrons. The lowest BCUT2D eigenvalue weighted by atomic mass is 10.1. The minimum absolute atomic E-state index is 0.0411. The van der Waals surface area contributed by atoms with Crippen LogP contribution in [0.3, 0.4) is 0 Å². The first-order chi connectivity index (χ1) is 9.51. The Morgan fingerprint density at radius 2 is 2.00 bits per heavy atom. The van der Waals surface area contributed by atoms with Crippen molar-refractivity contribution in [2.24, 2.45) is 0 Å². The molecule has 0 saturated heterocycles. The van der Waals surface area contributed by atoms with E-state index in [0.29, 0.717) is 0 Å². The Morgan fingerprint density at radius 1 is 1.30 bits per heavy atom. The number of carbonyl (C=O) groups excluding carboxylic acids is 1. The van der Waals surface area contributed by atoms with Crippen LogP contribution in [-0.4, -0.2) is 19.1 Å². The van der Waals surface area contributed by atoms with Crippen molar-refractivity contribution in [3.8, 4) is 0 Å². The minimum Gasteiger partial charge on any atom is -0.465 e. The molecule has 0 fully saturated rings. The zero-order valence-electron chi connectivity index (χ0n) is 12.1. The summed E-state index contributed by atoms with van der Waals surface area (Å²) in [6.45, 7) is 4.03. The van der Waals surface area contributed by atoms with Crippen LogP contribution >= 0.6 is 0 Å². The quantitative estimate of drug-likeness (QED) is 0.604. The fourth-order valence-electron chi connectivity index (χ4n) is 1.97. The van der Waals surface area contributed by atoms with Gasteiger partial charge in [-0.1, -0.05) is 26.2 Å². The molecule has 1 rings (SSSR count). The van der Waals surface area contributed by atoms with Gasteiger partial charge in [-0.25, -0.2) is 13.6 Å². The molecule has 1 N–H and O–H groups in total. The Hall–Kier alpha value is -1.65. The van der Waals surface area contributed by atoms with Crippen molar-refractivity contribution in [2.75, 3.05) is 12.4 Å². The van der Waals surface area contributed by atoms with Gasteiger partial charge in [-0.05, 0) is 25.5 Å². The van der Waals surface area contributed by atoms with E-state index in [9.17, 15) is 13.6 Å². The van der Waals surface area contributed by atoms with Crippen molar-refractivity contribution in [3.63, 3.8) is 0 Å². The second-order valence-electron chi connectivity index (χ2n) is 4.82. The third-order valence-corrected chi connectivity index (χ3v) is 3.13. The predicted molar refractivity (Wildman–Crippen MR) is 74.9 cm³/mol. The van der Waals surface area contributed by atoms with Gasteiger partial charge in [-0.15, -0.1) is 0 Å². The smallest absolute Gasteiger partial charge is 0.340 e. The van der Waals surface area contributed by atoms with Gasteiger partial charge in [-0.3, -0.25) is 0 Å². The lowest BCUT2D eigenvalue weighted by Gasteiger charge is -2.16. The Labute approximate surface area is 118 Å². The van der Waals surface area contributed by atoms with Gasteiger partial charge in [-0.2, -0.15) is 0 Å². The Balaban J connectivity index is 2.77. The highest BCUT2D eigenvalue weighted by Gasteiger charge is 2.19. The molecule has 0 radical (unpaired) electrons. The van der Waals surface area contributed by atoms with Gasteiger partial charge in [0.2, 0.25) is 0 Å². The number of anilines is 1. The summed E-state index contributed by atoms with van der Waals surface area (Å²) in [5.74, 6) is -3.11. The first-order valence-electron chi connectivity index (χ1n) is 6.84. The summed E-state index contributed by atoms with van der Waals surface area (Å²) in [4.78, 5) is 11.2. The van der Waals surface area contributed by atoms with Gasteiger partial charge in [0.25, 0.3) is 0 Å². The molecule has 0 saturated carbocycles. The third-order valence-electron chi connectivity index (χ3n) is 3.13. The molecule has 0 bridgehead atoms. The number of hydrogen-bond donors (Lipinski definition) is 1. The number of hydrogen-bond acceptors (Lipinski definition) is 3. The largest absolute Gasteiger partial charge is 0.465 e. The molecule has 0 aromatic heterocycles. The normalized spacial score (nSPS) is 12.1. The molecule has 0 heterocycles. The van der Waals surface area contributed by atoms with Gasteiger partial charge in [0, 0.05) is 6.04 Å². The molecule has 1 atom stereocenters. The number of ether oxygens (including phenoxy) is 1. The first kappa shape index (κ1) is 16.4. The second kappa shape index (κ2) is 7.82. The Bertz CT molecular complexity index is 463. The van der Waals surface area contributed by atoms with Gasteiger partial charge in [0.1, 0.15) is 0 Å². The summed E-state index contributed by atoms with van der Waals surface area (Å²) in [7, 11) is 1.13. The maximum Gasteiger partial charge on any atom is 0.340 e. The molecular weight excluding hydrogens is 264 g/mol. The maximum atomic E-state index is 13.9. The summed E-state index contributed by atoms with van der Waals surface area (Å²) < 4.78 is 32.0. The van der Waals surface area contributed by atoms with Crippen LogP contribution in [0.15, 0.2) is 12.1 Å².